The summed E-state index contributed by atoms with van der Waals surface area (Å²) in [6.07, 6.45) is 0.916. The molecule has 0 amide bonds. The van der Waals surface area contributed by atoms with Crippen molar-refractivity contribution in [1.29, 1.82) is 0 Å². The van der Waals surface area contributed by atoms with E-state index in [0.29, 0.717) is 0 Å². The summed E-state index contributed by atoms with van der Waals surface area (Å²) >= 11 is 1.95. The number of thiophene rings is 1. The molecule has 0 nitrogen and oxygen atoms in total. The Balaban J connectivity index is 0.995. The molecule has 0 radical (unpaired) electrons. The zero-order valence-corrected chi connectivity index (χ0v) is 36.1. The zero-order chi connectivity index (χ0) is 41.3. The second-order valence-corrected chi connectivity index (χ2v) is 19.0. The lowest BCUT2D eigenvalue weighted by molar-refractivity contribution is 0.658. The van der Waals surface area contributed by atoms with Crippen LogP contribution in [0.5, 0.6) is 0 Å². The highest BCUT2D eigenvalue weighted by atomic mass is 32.1. The van der Waals surface area contributed by atoms with Crippen LogP contribution in [0.4, 0.5) is 0 Å². The predicted molar refractivity (Wildman–Crippen MR) is 260 cm³/mol. The summed E-state index contributed by atoms with van der Waals surface area (Å²) in [6, 6.07) is 74.8. The molecular formula is C60H48S. The van der Waals surface area contributed by atoms with E-state index in [2.05, 4.69) is 228 Å². The Kier molecular flexibility index (Phi) is 8.95. The topological polar surface area (TPSA) is 0 Å². The minimum Gasteiger partial charge on any atom is -0.134 e. The van der Waals surface area contributed by atoms with Crippen molar-refractivity contribution in [1.82, 2.24) is 0 Å². The molecule has 1 unspecified atom stereocenters. The number of hydrogen-bond acceptors (Lipinski definition) is 1. The first kappa shape index (κ1) is 37.5. The van der Waals surface area contributed by atoms with Crippen LogP contribution < -0.4 is 0 Å². The molecule has 0 fully saturated rings. The summed E-state index contributed by atoms with van der Waals surface area (Å²) in [6.45, 7) is 9.58. The molecule has 0 saturated carbocycles. The molecule has 0 N–H and O–H groups in total. The normalized spacial score (nSPS) is 14.5. The quantitative estimate of drug-likeness (QED) is 0.144. The average molecular weight is 801 g/mol. The summed E-state index contributed by atoms with van der Waals surface area (Å²) in [5.41, 5.74) is 22.7. The van der Waals surface area contributed by atoms with Crippen molar-refractivity contribution in [2.24, 2.45) is 0 Å². The van der Waals surface area contributed by atoms with Crippen molar-refractivity contribution in [3.63, 3.8) is 0 Å². The van der Waals surface area contributed by atoms with Gasteiger partial charge in [-0.15, -0.1) is 11.3 Å². The second-order valence-electron chi connectivity index (χ2n) is 18.0. The lowest BCUT2D eigenvalue weighted by atomic mass is 9.80. The van der Waals surface area contributed by atoms with Crippen molar-refractivity contribution in [2.75, 3.05) is 0 Å². The van der Waals surface area contributed by atoms with Gasteiger partial charge in [0.05, 0.1) is 0 Å². The molecule has 294 valence electrons. The summed E-state index contributed by atoms with van der Waals surface area (Å²) in [4.78, 5) is 2.72. The average Bonchev–Trinajstić information content (AvgIpc) is 3.91. The van der Waals surface area contributed by atoms with Gasteiger partial charge in [-0.3, -0.25) is 0 Å². The summed E-state index contributed by atoms with van der Waals surface area (Å²) in [7, 11) is 0. The van der Waals surface area contributed by atoms with Crippen LogP contribution in [0.25, 0.3) is 65.4 Å². The van der Waals surface area contributed by atoms with Crippen molar-refractivity contribution in [3.05, 3.63) is 239 Å². The Morgan fingerprint density at radius 1 is 0.377 bits per heavy atom. The number of rotatable bonds is 8. The molecule has 1 heterocycles. The van der Waals surface area contributed by atoms with E-state index in [4.69, 9.17) is 0 Å². The molecule has 1 aromatic heterocycles. The summed E-state index contributed by atoms with van der Waals surface area (Å²) in [5.74, 6) is 0.187. The monoisotopic (exact) mass is 800 g/mol. The summed E-state index contributed by atoms with van der Waals surface area (Å²) in [5, 5.41) is 0. The summed E-state index contributed by atoms with van der Waals surface area (Å²) < 4.78 is 0. The van der Waals surface area contributed by atoms with E-state index >= 15 is 0 Å². The Hall–Kier alpha value is -6.54. The molecule has 61 heavy (non-hydrogen) atoms. The Labute approximate surface area is 364 Å². The first-order valence-electron chi connectivity index (χ1n) is 21.7. The van der Waals surface area contributed by atoms with Crippen LogP contribution in [0.15, 0.2) is 200 Å². The third-order valence-electron chi connectivity index (χ3n) is 13.7. The fraction of sp³-hybridized carbons (Fsp3) is 0.133. The largest absolute Gasteiger partial charge is 0.134 e. The second kappa shape index (κ2) is 14.6. The van der Waals surface area contributed by atoms with Gasteiger partial charge in [-0.05, 0) is 95.4 Å². The third kappa shape index (κ3) is 6.17. The first-order valence-corrected chi connectivity index (χ1v) is 22.5. The van der Waals surface area contributed by atoms with Crippen LogP contribution >= 0.6 is 11.3 Å². The van der Waals surface area contributed by atoms with Crippen molar-refractivity contribution < 1.29 is 0 Å². The maximum absolute atomic E-state index is 2.49. The molecule has 1 atom stereocenters. The highest BCUT2D eigenvalue weighted by Crippen LogP contribution is 2.60. The molecule has 0 bridgehead atoms. The molecule has 11 rings (SSSR count). The molecule has 1 heteroatoms. The molecule has 2 aliphatic carbocycles. The van der Waals surface area contributed by atoms with Crippen molar-refractivity contribution in [2.45, 2.75) is 50.9 Å². The number of fused-ring (bicyclic) bond motifs is 6. The van der Waals surface area contributed by atoms with Crippen LogP contribution in [-0.4, -0.2) is 0 Å². The highest BCUT2D eigenvalue weighted by molar-refractivity contribution is 7.19. The first-order chi connectivity index (χ1) is 29.8. The van der Waals surface area contributed by atoms with E-state index in [9.17, 15) is 0 Å². The van der Waals surface area contributed by atoms with Crippen molar-refractivity contribution in [3.8, 4) is 65.4 Å². The van der Waals surface area contributed by atoms with Crippen LogP contribution in [0, 0.1) is 0 Å². The molecule has 9 aromatic rings. The smallest absolute Gasteiger partial charge is 0.0431 e. The maximum atomic E-state index is 2.49. The van der Waals surface area contributed by atoms with E-state index in [-0.39, 0.29) is 16.7 Å². The third-order valence-corrected chi connectivity index (χ3v) is 15.0. The van der Waals surface area contributed by atoms with Gasteiger partial charge in [0.1, 0.15) is 0 Å². The molecular weight excluding hydrogens is 753 g/mol. The van der Waals surface area contributed by atoms with Crippen LogP contribution in [-0.2, 0) is 17.3 Å². The van der Waals surface area contributed by atoms with E-state index < -0.39 is 0 Å². The Bertz CT molecular complexity index is 3070. The van der Waals surface area contributed by atoms with Gasteiger partial charge in [0, 0.05) is 32.1 Å². The van der Waals surface area contributed by atoms with Gasteiger partial charge in [0.2, 0.25) is 0 Å². The van der Waals surface area contributed by atoms with E-state index in [1.54, 1.807) is 0 Å². The van der Waals surface area contributed by atoms with Gasteiger partial charge < -0.3 is 0 Å². The van der Waals surface area contributed by atoms with Crippen LogP contribution in [0.3, 0.4) is 0 Å². The number of benzene rings is 8. The number of hydrogen-bond donors (Lipinski definition) is 0. The van der Waals surface area contributed by atoms with Gasteiger partial charge >= 0.3 is 0 Å². The lowest BCUT2D eigenvalue weighted by Gasteiger charge is -2.24. The van der Waals surface area contributed by atoms with Crippen LogP contribution in [0.1, 0.15) is 72.6 Å². The van der Waals surface area contributed by atoms with Gasteiger partial charge in [-0.1, -0.05) is 228 Å². The van der Waals surface area contributed by atoms with Gasteiger partial charge in [-0.25, -0.2) is 0 Å². The highest BCUT2D eigenvalue weighted by Gasteiger charge is 2.41. The van der Waals surface area contributed by atoms with E-state index in [1.807, 2.05) is 11.3 Å². The van der Waals surface area contributed by atoms with Gasteiger partial charge in [-0.2, -0.15) is 0 Å². The maximum Gasteiger partial charge on any atom is 0.0431 e. The standard InChI is InChI=1S/C60H48S/c1-59(2)52-25-15-13-22-47(52)48-36-27-39(38-54(48)59)37-51(43-30-28-41(29-31-43)40-17-7-5-8-18-40)44-34-32-42(33-35-44)46-21-11-12-23-49(46)58-56-55(57(61-58)45-19-9-6-10-20-45)50-24-14-16-26-53(50)60(56,3)4/h5-36,38,51H,37H2,1-4H3. The SMILES string of the molecule is CC1(C)c2ccccc2-c2ccc(CC(c3ccc(-c4ccccc4)cc3)c3ccc(-c4ccccc4-c4sc(-c5ccccc5)c5c4C(C)(C)c4ccccc4-5)cc3)cc21. The molecule has 0 saturated heterocycles. The minimum absolute atomic E-state index is 0.0354. The lowest BCUT2D eigenvalue weighted by Crippen LogP contribution is -2.15. The van der Waals surface area contributed by atoms with E-state index in [0.717, 1.165) is 6.42 Å². The van der Waals surface area contributed by atoms with Crippen LogP contribution in [0.2, 0.25) is 0 Å². The fourth-order valence-electron chi connectivity index (χ4n) is 10.6. The molecule has 2 aliphatic rings. The fourth-order valence-corrected chi connectivity index (χ4v) is 12.1. The molecule has 0 spiro atoms. The molecule has 0 aliphatic heterocycles. The zero-order valence-electron chi connectivity index (χ0n) is 35.2. The Morgan fingerprint density at radius 3 is 1.52 bits per heavy atom. The minimum atomic E-state index is -0.124. The van der Waals surface area contributed by atoms with E-state index in [1.165, 1.54) is 104 Å². The van der Waals surface area contributed by atoms with Crippen molar-refractivity contribution >= 4 is 11.3 Å². The predicted octanol–water partition coefficient (Wildman–Crippen LogP) is 16.4. The van der Waals surface area contributed by atoms with Gasteiger partial charge in [0.15, 0.2) is 0 Å². The van der Waals surface area contributed by atoms with Gasteiger partial charge in [0.25, 0.3) is 0 Å². The Morgan fingerprint density at radius 2 is 0.869 bits per heavy atom. The molecule has 8 aromatic carbocycles.